The third kappa shape index (κ3) is 2.51. The molecule has 1 aromatic heterocycles. The summed E-state index contributed by atoms with van der Waals surface area (Å²) in [6, 6.07) is 10.5. The summed E-state index contributed by atoms with van der Waals surface area (Å²) in [6.45, 7) is 0.840. The average Bonchev–Trinajstić information content (AvgIpc) is 2.72. The van der Waals surface area contributed by atoms with Gasteiger partial charge in [0.15, 0.2) is 17.2 Å². The predicted molar refractivity (Wildman–Crippen MR) is 98.6 cm³/mol. The Kier molecular flexibility index (Phi) is 3.75. The van der Waals surface area contributed by atoms with Gasteiger partial charge in [-0.2, -0.15) is 0 Å². The van der Waals surface area contributed by atoms with Crippen molar-refractivity contribution in [2.75, 3.05) is 20.3 Å². The first-order chi connectivity index (χ1) is 13.7. The van der Waals surface area contributed by atoms with E-state index in [0.29, 0.717) is 52.6 Å². The molecule has 0 amide bonds. The van der Waals surface area contributed by atoms with E-state index in [9.17, 15) is 9.59 Å². The Balaban J connectivity index is 1.74. The number of hydrogen-bond acceptors (Lipinski definition) is 7. The van der Waals surface area contributed by atoms with Crippen LogP contribution in [0.1, 0.15) is 23.5 Å². The van der Waals surface area contributed by atoms with Gasteiger partial charge in [0.25, 0.3) is 0 Å². The Bertz CT molecular complexity index is 1140. The van der Waals surface area contributed by atoms with Gasteiger partial charge in [-0.3, -0.25) is 4.79 Å². The zero-order valence-electron chi connectivity index (χ0n) is 15.0. The number of carbonyl (C=O) groups is 1. The summed E-state index contributed by atoms with van der Waals surface area (Å²) in [4.78, 5) is 25.1. The molecule has 7 nitrogen and oxygen atoms in total. The Morgan fingerprint density at radius 3 is 2.71 bits per heavy atom. The molecule has 1 atom stereocenters. The van der Waals surface area contributed by atoms with Crippen LogP contribution < -0.4 is 24.6 Å². The van der Waals surface area contributed by atoms with E-state index < -0.39 is 17.5 Å². The SMILES string of the molecule is COc1cc([C@@H]2CC(=O)Oc3c2c(=O)oc2ccccc32)cc2c1OCCO2. The first kappa shape index (κ1) is 16.7. The first-order valence-corrected chi connectivity index (χ1v) is 8.89. The maximum absolute atomic E-state index is 12.8. The molecule has 3 aromatic rings. The highest BCUT2D eigenvalue weighted by molar-refractivity contribution is 5.90. The summed E-state index contributed by atoms with van der Waals surface area (Å²) in [5.74, 6) is 0.816. The lowest BCUT2D eigenvalue weighted by molar-refractivity contribution is -0.135. The molecule has 2 aliphatic rings. The number of para-hydroxylation sites is 1. The largest absolute Gasteiger partial charge is 0.493 e. The van der Waals surface area contributed by atoms with Crippen molar-refractivity contribution < 1.29 is 28.2 Å². The molecule has 3 heterocycles. The van der Waals surface area contributed by atoms with Crippen molar-refractivity contribution >= 4 is 16.9 Å². The second-order valence-electron chi connectivity index (χ2n) is 6.61. The topological polar surface area (TPSA) is 84.2 Å². The molecule has 7 heteroatoms. The zero-order valence-corrected chi connectivity index (χ0v) is 15.0. The molecule has 28 heavy (non-hydrogen) atoms. The van der Waals surface area contributed by atoms with Crippen molar-refractivity contribution in [3.05, 3.63) is 57.9 Å². The van der Waals surface area contributed by atoms with Crippen LogP contribution in [-0.4, -0.2) is 26.3 Å². The van der Waals surface area contributed by atoms with Crippen molar-refractivity contribution in [1.29, 1.82) is 0 Å². The maximum Gasteiger partial charge on any atom is 0.343 e. The minimum Gasteiger partial charge on any atom is -0.493 e. The number of hydrogen-bond donors (Lipinski definition) is 0. The number of ether oxygens (including phenoxy) is 4. The van der Waals surface area contributed by atoms with Crippen LogP contribution >= 0.6 is 0 Å². The molecule has 0 aliphatic carbocycles. The molecular weight excluding hydrogens is 364 g/mol. The lowest BCUT2D eigenvalue weighted by Gasteiger charge is -2.27. The third-order valence-electron chi connectivity index (χ3n) is 4.99. The predicted octanol–water partition coefficient (Wildman–Crippen LogP) is 3.01. The van der Waals surface area contributed by atoms with Crippen LogP contribution in [0.25, 0.3) is 11.0 Å². The van der Waals surface area contributed by atoms with E-state index in [1.165, 1.54) is 7.11 Å². The number of fused-ring (bicyclic) bond motifs is 4. The number of rotatable bonds is 2. The van der Waals surface area contributed by atoms with Crippen LogP contribution in [0.15, 0.2) is 45.6 Å². The molecule has 0 N–H and O–H groups in total. The lowest BCUT2D eigenvalue weighted by Crippen LogP contribution is -2.27. The van der Waals surface area contributed by atoms with Crippen molar-refractivity contribution in [1.82, 2.24) is 0 Å². The van der Waals surface area contributed by atoms with Gasteiger partial charge in [-0.15, -0.1) is 0 Å². The summed E-state index contributed by atoms with van der Waals surface area (Å²) in [6.07, 6.45) is 0.0128. The van der Waals surface area contributed by atoms with Gasteiger partial charge in [-0.1, -0.05) is 12.1 Å². The third-order valence-corrected chi connectivity index (χ3v) is 4.99. The molecule has 142 valence electrons. The number of methoxy groups -OCH3 is 1. The summed E-state index contributed by atoms with van der Waals surface area (Å²) in [5, 5.41) is 0.583. The van der Waals surface area contributed by atoms with Crippen LogP contribution in [0.2, 0.25) is 0 Å². The summed E-state index contributed by atoms with van der Waals surface area (Å²) in [7, 11) is 1.53. The fourth-order valence-electron chi connectivity index (χ4n) is 3.75. The first-order valence-electron chi connectivity index (χ1n) is 8.89. The second kappa shape index (κ2) is 6.30. The van der Waals surface area contributed by atoms with Gasteiger partial charge in [0, 0.05) is 5.92 Å². The van der Waals surface area contributed by atoms with Crippen molar-refractivity contribution in [3.8, 4) is 23.0 Å². The molecule has 0 saturated heterocycles. The van der Waals surface area contributed by atoms with E-state index in [2.05, 4.69) is 0 Å². The van der Waals surface area contributed by atoms with Crippen molar-refractivity contribution in [2.45, 2.75) is 12.3 Å². The Morgan fingerprint density at radius 2 is 1.86 bits per heavy atom. The minimum atomic E-state index is -0.540. The molecule has 0 fully saturated rings. The molecule has 0 saturated carbocycles. The Labute approximate surface area is 159 Å². The summed E-state index contributed by atoms with van der Waals surface area (Å²) >= 11 is 0. The zero-order chi connectivity index (χ0) is 19.3. The minimum absolute atomic E-state index is 0.0128. The van der Waals surface area contributed by atoms with Crippen LogP contribution in [0.5, 0.6) is 23.0 Å². The molecule has 5 rings (SSSR count). The van der Waals surface area contributed by atoms with E-state index in [1.54, 1.807) is 36.4 Å². The molecular formula is C21H16O7. The summed E-state index contributed by atoms with van der Waals surface area (Å²) < 4.78 is 27.7. The van der Waals surface area contributed by atoms with E-state index in [1.807, 2.05) is 0 Å². The monoisotopic (exact) mass is 380 g/mol. The highest BCUT2D eigenvalue weighted by Gasteiger charge is 2.35. The van der Waals surface area contributed by atoms with E-state index in [0.717, 1.165) is 0 Å². The van der Waals surface area contributed by atoms with Crippen LogP contribution in [0.3, 0.4) is 0 Å². The van der Waals surface area contributed by atoms with E-state index in [4.69, 9.17) is 23.4 Å². The van der Waals surface area contributed by atoms with Crippen molar-refractivity contribution in [2.24, 2.45) is 0 Å². The molecule has 0 spiro atoms. The van der Waals surface area contributed by atoms with Crippen LogP contribution in [0.4, 0.5) is 0 Å². The fourth-order valence-corrected chi connectivity index (χ4v) is 3.75. The molecule has 0 bridgehead atoms. The average molecular weight is 380 g/mol. The smallest absolute Gasteiger partial charge is 0.343 e. The van der Waals surface area contributed by atoms with Gasteiger partial charge in [-0.25, -0.2) is 4.79 Å². The van der Waals surface area contributed by atoms with Gasteiger partial charge < -0.3 is 23.4 Å². The Morgan fingerprint density at radius 1 is 1.04 bits per heavy atom. The lowest BCUT2D eigenvalue weighted by atomic mass is 9.86. The van der Waals surface area contributed by atoms with Gasteiger partial charge in [0.1, 0.15) is 18.8 Å². The number of esters is 1. The van der Waals surface area contributed by atoms with Crippen molar-refractivity contribution in [3.63, 3.8) is 0 Å². The maximum atomic E-state index is 12.8. The van der Waals surface area contributed by atoms with Gasteiger partial charge >= 0.3 is 11.6 Å². The van der Waals surface area contributed by atoms with Crippen LogP contribution in [-0.2, 0) is 4.79 Å². The molecule has 2 aromatic carbocycles. The fraction of sp³-hybridized carbons (Fsp3) is 0.238. The number of benzene rings is 2. The van der Waals surface area contributed by atoms with E-state index >= 15 is 0 Å². The van der Waals surface area contributed by atoms with Gasteiger partial charge in [-0.05, 0) is 29.8 Å². The standard InChI is InChI=1S/C21H16O7/c1-24-15-8-11(9-16-20(15)26-7-6-25-16)13-10-17(22)28-19-12-4-2-3-5-14(12)27-21(23)18(13)19/h2-5,8-9,13H,6-7,10H2,1H3/t13-/m0/s1. The normalized spacial score (nSPS) is 17.8. The van der Waals surface area contributed by atoms with E-state index in [-0.39, 0.29) is 12.2 Å². The molecule has 0 unspecified atom stereocenters. The molecule has 0 radical (unpaired) electrons. The summed E-state index contributed by atoms with van der Waals surface area (Å²) in [5.41, 5.74) is 0.859. The Hall–Kier alpha value is -3.48. The highest BCUT2D eigenvalue weighted by atomic mass is 16.6. The van der Waals surface area contributed by atoms with Gasteiger partial charge in [0.2, 0.25) is 5.75 Å². The highest BCUT2D eigenvalue weighted by Crippen LogP contribution is 2.46. The van der Waals surface area contributed by atoms with Crippen LogP contribution in [0, 0.1) is 0 Å². The molecule has 2 aliphatic heterocycles. The quantitative estimate of drug-likeness (QED) is 0.499. The van der Waals surface area contributed by atoms with Gasteiger partial charge in [0.05, 0.1) is 24.5 Å². The second-order valence-corrected chi connectivity index (χ2v) is 6.61. The number of carbonyl (C=O) groups excluding carboxylic acids is 1.